The molecule has 1 atom stereocenters. The number of nitrogens with zero attached hydrogens (tertiary/aromatic N) is 1. The van der Waals surface area contributed by atoms with Crippen molar-refractivity contribution in [3.05, 3.63) is 12.2 Å². The molecule has 63 heavy (non-hydrogen) atoms. The molecule has 10 nitrogen and oxygen atoms in total. The predicted octanol–water partition coefficient (Wildman–Crippen LogP) is 12.8. The minimum Gasteiger partial charge on any atom is -0.379 e. The van der Waals surface area contributed by atoms with Crippen LogP contribution in [0.3, 0.4) is 0 Å². The molecule has 3 amide bonds. The fourth-order valence-corrected chi connectivity index (χ4v) is 8.07. The summed E-state index contributed by atoms with van der Waals surface area (Å²) in [7, 11) is 0. The van der Waals surface area contributed by atoms with Gasteiger partial charge in [0.05, 0.1) is 46.2 Å². The van der Waals surface area contributed by atoms with Gasteiger partial charge < -0.3 is 29.0 Å². The highest BCUT2D eigenvalue weighted by atomic mass is 16.6. The fourth-order valence-electron chi connectivity index (χ4n) is 8.07. The molecule has 0 aromatic heterocycles. The lowest BCUT2D eigenvalue weighted by atomic mass is 10.0. The third kappa shape index (κ3) is 41.3. The van der Waals surface area contributed by atoms with Crippen LogP contribution in [0, 0.1) is 0 Å². The summed E-state index contributed by atoms with van der Waals surface area (Å²) in [6.45, 7) is 10.0. The van der Waals surface area contributed by atoms with Gasteiger partial charge in [-0.15, -0.1) is 0 Å². The molecule has 0 unspecified atom stereocenters. The van der Waals surface area contributed by atoms with E-state index in [0.717, 1.165) is 31.0 Å². The van der Waals surface area contributed by atoms with Crippen LogP contribution >= 0.6 is 0 Å². The molecule has 0 aromatic rings. The molecule has 0 radical (unpaired) electrons. The van der Waals surface area contributed by atoms with Crippen LogP contribution in [0.2, 0.25) is 0 Å². The highest BCUT2D eigenvalue weighted by Gasteiger charge is 2.22. The topological polar surface area (TPSA) is 113 Å². The van der Waals surface area contributed by atoms with E-state index in [1.54, 1.807) is 0 Å². The van der Waals surface area contributed by atoms with Crippen LogP contribution in [0.1, 0.15) is 232 Å². The van der Waals surface area contributed by atoms with Crippen LogP contribution in [-0.4, -0.2) is 101 Å². The smallest absolute Gasteiger partial charge is 0.253 e. The molecular formula is C53H100N2O8. The maximum atomic E-state index is 12.0. The maximum absolute atomic E-state index is 12.0. The zero-order valence-corrected chi connectivity index (χ0v) is 41.3. The second kappa shape index (κ2) is 48.1. The Morgan fingerprint density at radius 1 is 0.444 bits per heavy atom. The Hall–Kier alpha value is -1.85. The number of ether oxygens (including phenoxy) is 5. The second-order valence-corrected chi connectivity index (χ2v) is 18.1. The lowest BCUT2D eigenvalue weighted by Crippen LogP contribution is -2.32. The van der Waals surface area contributed by atoms with Crippen molar-refractivity contribution in [2.75, 3.05) is 72.6 Å². The molecule has 1 aliphatic rings. The molecular weight excluding hydrogens is 793 g/mol. The van der Waals surface area contributed by atoms with E-state index >= 15 is 0 Å². The Bertz CT molecular complexity index is 1020. The van der Waals surface area contributed by atoms with E-state index < -0.39 is 0 Å². The number of hydrogen-bond donors (Lipinski definition) is 1. The summed E-state index contributed by atoms with van der Waals surface area (Å²) in [5, 5.41) is 2.80. The molecule has 0 fully saturated rings. The van der Waals surface area contributed by atoms with Crippen molar-refractivity contribution in [3.8, 4) is 0 Å². The Labute approximate surface area is 387 Å². The lowest BCUT2D eigenvalue weighted by molar-refractivity contribution is -0.137. The van der Waals surface area contributed by atoms with Crippen molar-refractivity contribution in [1.82, 2.24) is 10.2 Å². The van der Waals surface area contributed by atoms with E-state index in [4.69, 9.17) is 23.7 Å². The first kappa shape index (κ1) is 59.2. The normalized spacial score (nSPS) is 13.2. The molecule has 1 heterocycles. The van der Waals surface area contributed by atoms with E-state index in [0.29, 0.717) is 59.2 Å². The largest absolute Gasteiger partial charge is 0.379 e. The van der Waals surface area contributed by atoms with E-state index in [-0.39, 0.29) is 36.8 Å². The van der Waals surface area contributed by atoms with Crippen molar-refractivity contribution in [2.24, 2.45) is 0 Å². The highest BCUT2D eigenvalue weighted by molar-refractivity contribution is 6.12. The van der Waals surface area contributed by atoms with Gasteiger partial charge in [0.15, 0.2) is 0 Å². The zero-order chi connectivity index (χ0) is 45.4. The maximum Gasteiger partial charge on any atom is 0.253 e. The Morgan fingerprint density at radius 2 is 0.794 bits per heavy atom. The minimum absolute atomic E-state index is 0.0665. The van der Waals surface area contributed by atoms with Crippen LogP contribution in [0.5, 0.6) is 0 Å². The number of imide groups is 1. The molecule has 0 aliphatic carbocycles. The van der Waals surface area contributed by atoms with Gasteiger partial charge in [0.2, 0.25) is 5.91 Å². The summed E-state index contributed by atoms with van der Waals surface area (Å²) in [5.74, 6) is -0.772. The van der Waals surface area contributed by atoms with Gasteiger partial charge in [-0.25, -0.2) is 0 Å². The van der Waals surface area contributed by atoms with Gasteiger partial charge in [0.25, 0.3) is 11.8 Å². The molecule has 1 N–H and O–H groups in total. The first-order valence-corrected chi connectivity index (χ1v) is 26.8. The quantitative estimate of drug-likeness (QED) is 0.0475. The molecule has 1 aliphatic heterocycles. The lowest BCUT2D eigenvalue weighted by Gasteiger charge is -2.18. The van der Waals surface area contributed by atoms with Crippen LogP contribution in [-0.2, 0) is 38.1 Å². The van der Waals surface area contributed by atoms with Gasteiger partial charge in [-0.3, -0.25) is 19.3 Å². The molecule has 0 aromatic carbocycles. The summed E-state index contributed by atoms with van der Waals surface area (Å²) in [4.78, 5) is 36.4. The van der Waals surface area contributed by atoms with Gasteiger partial charge in [0.1, 0.15) is 6.10 Å². The number of unbranched alkanes of at least 4 members (excludes halogenated alkanes) is 30. The first-order valence-electron chi connectivity index (χ1n) is 26.8. The van der Waals surface area contributed by atoms with Gasteiger partial charge in [-0.1, -0.05) is 206 Å². The van der Waals surface area contributed by atoms with Crippen molar-refractivity contribution in [2.45, 2.75) is 238 Å². The summed E-state index contributed by atoms with van der Waals surface area (Å²) in [6.07, 6.45) is 46.8. The molecule has 1 rings (SSSR count). The van der Waals surface area contributed by atoms with Crippen molar-refractivity contribution in [1.29, 1.82) is 0 Å². The molecule has 10 heteroatoms. The minimum atomic E-state index is -0.322. The summed E-state index contributed by atoms with van der Waals surface area (Å²) in [5.41, 5.74) is 0. The summed E-state index contributed by atoms with van der Waals surface area (Å²) in [6, 6.07) is 0. The summed E-state index contributed by atoms with van der Waals surface area (Å²) < 4.78 is 29.6. The average Bonchev–Trinajstić information content (AvgIpc) is 3.61. The van der Waals surface area contributed by atoms with Crippen molar-refractivity contribution >= 4 is 17.7 Å². The van der Waals surface area contributed by atoms with Gasteiger partial charge in [0, 0.05) is 44.9 Å². The number of amides is 3. The second-order valence-electron chi connectivity index (χ2n) is 18.1. The average molecular weight is 893 g/mol. The van der Waals surface area contributed by atoms with E-state index in [2.05, 4.69) is 19.2 Å². The number of carbonyl (C=O) groups is 3. The molecule has 0 saturated heterocycles. The summed E-state index contributed by atoms with van der Waals surface area (Å²) >= 11 is 0. The number of hydrogen-bond acceptors (Lipinski definition) is 8. The standard InChI is InChI=1S/C53H100N2O8/c1-3-5-7-9-11-13-15-17-19-21-23-25-27-29-31-33-41-61-48-50(63-42-34-32-30-28-26-24-22-20-18-16-14-12-10-8-6-4-2)49-62-47-46-60-45-44-59-43-39-54-51(56)36-35-40-55-52(57)37-38-53(55)58/h37-38,50H,3-36,39-49H2,1-2H3,(H,54,56)/t50-/m1/s1. The molecule has 370 valence electrons. The van der Waals surface area contributed by atoms with Crippen molar-refractivity contribution in [3.63, 3.8) is 0 Å². The highest BCUT2D eigenvalue weighted by Crippen LogP contribution is 2.16. The van der Waals surface area contributed by atoms with Gasteiger partial charge in [-0.2, -0.15) is 0 Å². The molecule has 0 bridgehead atoms. The van der Waals surface area contributed by atoms with E-state index in [1.807, 2.05) is 0 Å². The van der Waals surface area contributed by atoms with Gasteiger partial charge >= 0.3 is 0 Å². The zero-order valence-electron chi connectivity index (χ0n) is 41.3. The predicted molar refractivity (Wildman–Crippen MR) is 260 cm³/mol. The monoisotopic (exact) mass is 893 g/mol. The number of rotatable bonds is 52. The van der Waals surface area contributed by atoms with E-state index in [9.17, 15) is 14.4 Å². The Kier molecular flexibility index (Phi) is 45.2. The third-order valence-electron chi connectivity index (χ3n) is 12.1. The molecule has 0 spiro atoms. The number of nitrogens with one attached hydrogen (secondary N) is 1. The SMILES string of the molecule is CCCCCCCCCCCCCCCCCCOC[C@H](COCCOCCOCCNC(=O)CCCN1C(=O)C=CC1=O)OCCCCCCCCCCCCCCCCCC. The Morgan fingerprint density at radius 3 is 1.22 bits per heavy atom. The van der Waals surface area contributed by atoms with Crippen molar-refractivity contribution < 1.29 is 38.1 Å². The van der Waals surface area contributed by atoms with E-state index in [1.165, 1.54) is 205 Å². The number of carbonyl (C=O) groups excluding carboxylic acids is 3. The fraction of sp³-hybridized carbons (Fsp3) is 0.906. The van der Waals surface area contributed by atoms with Gasteiger partial charge in [-0.05, 0) is 19.3 Å². The third-order valence-corrected chi connectivity index (χ3v) is 12.1. The Balaban J connectivity index is 2.10. The van der Waals surface area contributed by atoms with Crippen LogP contribution in [0.4, 0.5) is 0 Å². The molecule has 0 saturated carbocycles. The van der Waals surface area contributed by atoms with Crippen LogP contribution in [0.25, 0.3) is 0 Å². The van der Waals surface area contributed by atoms with Crippen LogP contribution < -0.4 is 5.32 Å². The first-order chi connectivity index (χ1) is 31.1. The van der Waals surface area contributed by atoms with Crippen LogP contribution in [0.15, 0.2) is 12.2 Å².